The summed E-state index contributed by atoms with van der Waals surface area (Å²) in [6.07, 6.45) is 1.07. The summed E-state index contributed by atoms with van der Waals surface area (Å²) in [6, 6.07) is 0. The molecular formula is C8H16BrNO. The van der Waals surface area contributed by atoms with Crippen LogP contribution in [-0.4, -0.2) is 19.0 Å². The minimum absolute atomic E-state index is 0. The number of ether oxygens (including phenoxy) is 1. The van der Waals surface area contributed by atoms with Gasteiger partial charge in [0.15, 0.2) is 5.90 Å². The molecule has 0 fully saturated rings. The van der Waals surface area contributed by atoms with E-state index < -0.39 is 0 Å². The molecule has 2 nitrogen and oxygen atoms in total. The van der Waals surface area contributed by atoms with Gasteiger partial charge in [-0.05, 0) is 0 Å². The lowest BCUT2D eigenvalue weighted by atomic mass is 9.96. The molecule has 0 aromatic carbocycles. The quantitative estimate of drug-likeness (QED) is 0.616. The second-order valence-corrected chi connectivity index (χ2v) is 3.64. The monoisotopic (exact) mass is 221 g/mol. The predicted octanol–water partition coefficient (Wildman–Crippen LogP) is 2.43. The molecule has 0 aromatic rings. The normalized spacial score (nSPS) is 17.9. The first-order valence-electron chi connectivity index (χ1n) is 3.78. The van der Waals surface area contributed by atoms with E-state index in [1.54, 1.807) is 0 Å². The van der Waals surface area contributed by atoms with Crippen molar-refractivity contribution in [2.75, 3.05) is 13.2 Å². The van der Waals surface area contributed by atoms with Gasteiger partial charge in [-0.15, -0.1) is 17.0 Å². The van der Waals surface area contributed by atoms with Gasteiger partial charge >= 0.3 is 0 Å². The van der Waals surface area contributed by atoms with Crippen LogP contribution in [0, 0.1) is 5.41 Å². The lowest BCUT2D eigenvalue weighted by molar-refractivity contribution is 0.242. The molecule has 0 atom stereocenters. The first-order chi connectivity index (χ1) is 4.61. The number of halogens is 1. The molecule has 0 unspecified atom stereocenters. The Hall–Kier alpha value is -0.0500. The fourth-order valence-electron chi connectivity index (χ4n) is 0.913. The summed E-state index contributed by atoms with van der Waals surface area (Å²) in [5, 5.41) is 0. The Morgan fingerprint density at radius 2 is 2.00 bits per heavy atom. The van der Waals surface area contributed by atoms with Gasteiger partial charge in [0.1, 0.15) is 0 Å². The van der Waals surface area contributed by atoms with Gasteiger partial charge < -0.3 is 4.74 Å². The van der Waals surface area contributed by atoms with Crippen molar-refractivity contribution < 1.29 is 4.74 Å². The molecule has 66 valence electrons. The molecule has 1 rings (SSSR count). The minimum Gasteiger partial charge on any atom is -0.481 e. The number of hydrogen-bond acceptors (Lipinski definition) is 2. The second-order valence-electron chi connectivity index (χ2n) is 3.64. The summed E-state index contributed by atoms with van der Waals surface area (Å²) in [6.45, 7) is 8.15. The highest BCUT2D eigenvalue weighted by Gasteiger charge is 2.21. The van der Waals surface area contributed by atoms with Crippen LogP contribution in [0.5, 0.6) is 0 Å². The molecule has 1 aliphatic rings. The lowest BCUT2D eigenvalue weighted by Crippen LogP contribution is -2.27. The molecule has 11 heavy (non-hydrogen) atoms. The molecule has 1 heterocycles. The van der Waals surface area contributed by atoms with Crippen molar-refractivity contribution in [3.05, 3.63) is 0 Å². The highest BCUT2D eigenvalue weighted by molar-refractivity contribution is 8.93. The van der Waals surface area contributed by atoms with Crippen molar-refractivity contribution in [3.8, 4) is 0 Å². The summed E-state index contributed by atoms with van der Waals surface area (Å²) in [4.78, 5) is 4.30. The lowest BCUT2D eigenvalue weighted by Gasteiger charge is -2.24. The van der Waals surface area contributed by atoms with Gasteiger partial charge in [0, 0.05) is 18.4 Å². The first-order valence-corrected chi connectivity index (χ1v) is 3.78. The number of aliphatic imine (C=N–C) groups is 1. The smallest absolute Gasteiger partial charge is 0.188 e. The van der Waals surface area contributed by atoms with Crippen LogP contribution < -0.4 is 0 Å². The number of hydrogen-bond donors (Lipinski definition) is 0. The van der Waals surface area contributed by atoms with Gasteiger partial charge in [-0.3, -0.25) is 4.99 Å². The Bertz CT molecular complexity index is 149. The van der Waals surface area contributed by atoms with Crippen LogP contribution in [-0.2, 0) is 4.74 Å². The van der Waals surface area contributed by atoms with Crippen molar-refractivity contribution in [1.82, 2.24) is 0 Å². The summed E-state index contributed by atoms with van der Waals surface area (Å²) >= 11 is 0. The summed E-state index contributed by atoms with van der Waals surface area (Å²) < 4.78 is 5.39. The van der Waals surface area contributed by atoms with E-state index in [1.807, 2.05) is 0 Å². The van der Waals surface area contributed by atoms with Crippen LogP contribution in [0.25, 0.3) is 0 Å². The van der Waals surface area contributed by atoms with Gasteiger partial charge in [0.2, 0.25) is 0 Å². The molecule has 0 aliphatic carbocycles. The number of rotatable bonds is 0. The van der Waals surface area contributed by atoms with E-state index in [0.717, 1.165) is 25.5 Å². The minimum atomic E-state index is 0. The molecular weight excluding hydrogens is 206 g/mol. The summed E-state index contributed by atoms with van der Waals surface area (Å²) in [5.41, 5.74) is 0.0976. The third-order valence-electron chi connectivity index (χ3n) is 1.44. The Balaban J connectivity index is 0.000001000. The Labute approximate surface area is 78.8 Å². The zero-order chi connectivity index (χ0) is 7.61. The molecule has 0 spiro atoms. The average molecular weight is 222 g/mol. The van der Waals surface area contributed by atoms with Crippen LogP contribution in [0.3, 0.4) is 0 Å². The van der Waals surface area contributed by atoms with Crippen molar-refractivity contribution in [1.29, 1.82) is 0 Å². The fraction of sp³-hybridized carbons (Fsp3) is 0.875. The third-order valence-corrected chi connectivity index (χ3v) is 1.44. The molecule has 0 amide bonds. The Morgan fingerprint density at radius 1 is 1.36 bits per heavy atom. The fourth-order valence-corrected chi connectivity index (χ4v) is 0.913. The van der Waals surface area contributed by atoms with Crippen LogP contribution >= 0.6 is 17.0 Å². The van der Waals surface area contributed by atoms with Crippen LogP contribution in [0.15, 0.2) is 4.99 Å². The van der Waals surface area contributed by atoms with E-state index in [4.69, 9.17) is 4.74 Å². The van der Waals surface area contributed by atoms with Gasteiger partial charge in [-0.25, -0.2) is 0 Å². The highest BCUT2D eigenvalue weighted by Crippen LogP contribution is 2.18. The van der Waals surface area contributed by atoms with Gasteiger partial charge in [-0.2, -0.15) is 0 Å². The Morgan fingerprint density at radius 3 is 2.27 bits per heavy atom. The third kappa shape index (κ3) is 3.23. The Kier molecular flexibility index (Phi) is 4.08. The molecule has 0 saturated carbocycles. The van der Waals surface area contributed by atoms with E-state index >= 15 is 0 Å². The van der Waals surface area contributed by atoms with Crippen molar-refractivity contribution in [2.45, 2.75) is 27.2 Å². The van der Waals surface area contributed by atoms with Crippen molar-refractivity contribution >= 4 is 22.9 Å². The van der Waals surface area contributed by atoms with Crippen LogP contribution in [0.2, 0.25) is 0 Å². The molecule has 0 bridgehead atoms. The molecule has 0 saturated heterocycles. The van der Waals surface area contributed by atoms with Crippen LogP contribution in [0.1, 0.15) is 27.2 Å². The van der Waals surface area contributed by atoms with Crippen molar-refractivity contribution in [2.24, 2.45) is 10.4 Å². The number of nitrogens with zero attached hydrogens (tertiary/aromatic N) is 1. The predicted molar refractivity (Wildman–Crippen MR) is 52.6 cm³/mol. The van der Waals surface area contributed by atoms with E-state index in [0.29, 0.717) is 0 Å². The highest BCUT2D eigenvalue weighted by atomic mass is 79.9. The zero-order valence-electron chi connectivity index (χ0n) is 7.39. The maximum absolute atomic E-state index is 5.39. The van der Waals surface area contributed by atoms with E-state index in [-0.39, 0.29) is 22.4 Å². The van der Waals surface area contributed by atoms with E-state index in [9.17, 15) is 0 Å². The molecule has 0 N–H and O–H groups in total. The molecule has 0 radical (unpaired) electrons. The van der Waals surface area contributed by atoms with E-state index in [1.165, 1.54) is 0 Å². The van der Waals surface area contributed by atoms with Crippen LogP contribution in [0.4, 0.5) is 0 Å². The topological polar surface area (TPSA) is 21.6 Å². The molecule has 0 aromatic heterocycles. The zero-order valence-corrected chi connectivity index (χ0v) is 9.10. The molecule has 3 heteroatoms. The summed E-state index contributed by atoms with van der Waals surface area (Å²) in [5.74, 6) is 0.916. The van der Waals surface area contributed by atoms with Gasteiger partial charge in [0.25, 0.3) is 0 Å². The largest absolute Gasteiger partial charge is 0.481 e. The second kappa shape index (κ2) is 4.10. The van der Waals surface area contributed by atoms with Crippen molar-refractivity contribution in [3.63, 3.8) is 0 Å². The summed E-state index contributed by atoms with van der Waals surface area (Å²) in [7, 11) is 0. The van der Waals surface area contributed by atoms with Gasteiger partial charge in [-0.1, -0.05) is 20.8 Å². The average Bonchev–Trinajstić information content (AvgIpc) is 1.88. The maximum atomic E-state index is 5.39. The standard InChI is InChI=1S/C8H15NO.BrH/c1-8(2,3)7-9-5-4-6-10-7;/h4-6H2,1-3H3;1H. The SMILES string of the molecule is Br.CC(C)(C)C1=NCCCO1. The first kappa shape index (κ1) is 11.0. The van der Waals surface area contributed by atoms with Gasteiger partial charge in [0.05, 0.1) is 6.61 Å². The maximum Gasteiger partial charge on any atom is 0.188 e. The molecule has 1 aliphatic heterocycles. The van der Waals surface area contributed by atoms with E-state index in [2.05, 4.69) is 25.8 Å².